The molecular weight excluding hydrogens is 590 g/mol. The molecule has 0 bridgehead atoms. The van der Waals surface area contributed by atoms with E-state index in [2.05, 4.69) is 69.0 Å². The van der Waals surface area contributed by atoms with Gasteiger partial charge in [0.15, 0.2) is 0 Å². The van der Waals surface area contributed by atoms with Crippen molar-refractivity contribution in [3.05, 3.63) is 52.8 Å². The zero-order chi connectivity index (χ0) is 18.9. The van der Waals surface area contributed by atoms with Gasteiger partial charge in [0.05, 0.1) is 23.9 Å². The van der Waals surface area contributed by atoms with E-state index in [1.54, 1.807) is 12.1 Å². The standard InChI is InChI=1S/C16H11Br4NO4/c1-6-3-4-7(8(5-6)25-2)21-15(22)9-10(16(23)24)12(18)14(20)13(19)11(9)17/h3-5H,1-2H3,(H,21,22)(H,23,24). The molecule has 0 spiro atoms. The first-order valence-corrected chi connectivity index (χ1v) is 9.91. The Morgan fingerprint density at radius 2 is 1.56 bits per heavy atom. The number of carbonyl (C=O) groups excluding carboxylic acids is 1. The van der Waals surface area contributed by atoms with Crippen LogP contribution in [0.4, 0.5) is 5.69 Å². The quantitative estimate of drug-likeness (QED) is 0.333. The Morgan fingerprint density at radius 3 is 2.08 bits per heavy atom. The molecule has 0 aliphatic carbocycles. The van der Waals surface area contributed by atoms with Gasteiger partial charge in [0.25, 0.3) is 5.91 Å². The number of benzene rings is 2. The van der Waals surface area contributed by atoms with Crippen LogP contribution in [0.1, 0.15) is 26.3 Å². The Bertz CT molecular complexity index is 883. The first kappa shape index (κ1) is 20.4. The number of hydrogen-bond donors (Lipinski definition) is 2. The summed E-state index contributed by atoms with van der Waals surface area (Å²) in [5.41, 5.74) is 1.23. The minimum absolute atomic E-state index is 0.0166. The molecule has 0 fully saturated rings. The second kappa shape index (κ2) is 8.20. The third kappa shape index (κ3) is 4.10. The van der Waals surface area contributed by atoms with Crippen LogP contribution in [0.3, 0.4) is 0 Å². The SMILES string of the molecule is COc1cc(C)ccc1NC(=O)c1c(Br)c(Br)c(Br)c(Br)c1C(=O)O. The number of hydrogen-bond acceptors (Lipinski definition) is 3. The maximum atomic E-state index is 12.8. The average molecular weight is 601 g/mol. The van der Waals surface area contributed by atoms with Gasteiger partial charge in [-0.25, -0.2) is 4.79 Å². The molecule has 9 heteroatoms. The van der Waals surface area contributed by atoms with Crippen molar-refractivity contribution in [1.29, 1.82) is 0 Å². The number of carboxylic acids is 1. The third-order valence-electron chi connectivity index (χ3n) is 3.31. The lowest BCUT2D eigenvalue weighted by Crippen LogP contribution is -2.19. The number of aromatic carboxylic acids is 1. The zero-order valence-corrected chi connectivity index (χ0v) is 19.3. The van der Waals surface area contributed by atoms with Crippen LogP contribution in [0.5, 0.6) is 5.75 Å². The van der Waals surface area contributed by atoms with Crippen LogP contribution in [0.2, 0.25) is 0 Å². The maximum absolute atomic E-state index is 12.8. The van der Waals surface area contributed by atoms with Crippen molar-refractivity contribution >= 4 is 81.3 Å². The first-order chi connectivity index (χ1) is 11.7. The van der Waals surface area contributed by atoms with Crippen LogP contribution in [0.15, 0.2) is 36.1 Å². The van der Waals surface area contributed by atoms with Crippen molar-refractivity contribution in [2.75, 3.05) is 12.4 Å². The van der Waals surface area contributed by atoms with Crippen LogP contribution >= 0.6 is 63.7 Å². The molecule has 0 radical (unpaired) electrons. The van der Waals surface area contributed by atoms with Gasteiger partial charge in [-0.2, -0.15) is 0 Å². The Morgan fingerprint density at radius 1 is 1.00 bits per heavy atom. The molecule has 0 aliphatic rings. The normalized spacial score (nSPS) is 10.5. The largest absolute Gasteiger partial charge is 0.495 e. The van der Waals surface area contributed by atoms with E-state index in [0.29, 0.717) is 24.9 Å². The number of rotatable bonds is 4. The molecule has 0 heterocycles. The highest BCUT2D eigenvalue weighted by molar-refractivity contribution is 9.15. The van der Waals surface area contributed by atoms with E-state index < -0.39 is 11.9 Å². The molecule has 25 heavy (non-hydrogen) atoms. The number of aryl methyl sites for hydroxylation is 1. The van der Waals surface area contributed by atoms with Gasteiger partial charge >= 0.3 is 5.97 Å². The molecule has 0 saturated carbocycles. The van der Waals surface area contributed by atoms with Gasteiger partial charge in [0.1, 0.15) is 5.75 Å². The second-order valence-electron chi connectivity index (χ2n) is 4.97. The summed E-state index contributed by atoms with van der Waals surface area (Å²) in [6.45, 7) is 1.90. The Hall–Kier alpha value is -0.900. The van der Waals surface area contributed by atoms with Crippen molar-refractivity contribution in [2.45, 2.75) is 6.92 Å². The van der Waals surface area contributed by atoms with Crippen LogP contribution in [-0.4, -0.2) is 24.1 Å². The number of nitrogens with one attached hydrogen (secondary N) is 1. The monoisotopic (exact) mass is 597 g/mol. The van der Waals surface area contributed by atoms with Crippen molar-refractivity contribution in [3.8, 4) is 5.75 Å². The van der Waals surface area contributed by atoms with Crippen LogP contribution in [-0.2, 0) is 0 Å². The summed E-state index contributed by atoms with van der Waals surface area (Å²) in [6, 6.07) is 5.29. The van der Waals surface area contributed by atoms with Gasteiger partial charge in [-0.15, -0.1) is 0 Å². The molecule has 132 valence electrons. The molecular formula is C16H11Br4NO4. The minimum Gasteiger partial charge on any atom is -0.495 e. The van der Waals surface area contributed by atoms with Crippen LogP contribution < -0.4 is 10.1 Å². The minimum atomic E-state index is -1.23. The van der Waals surface area contributed by atoms with Gasteiger partial charge in [-0.05, 0) is 88.3 Å². The second-order valence-corrected chi connectivity index (χ2v) is 8.14. The molecule has 0 aliphatic heterocycles. The average Bonchev–Trinajstić information content (AvgIpc) is 2.56. The summed E-state index contributed by atoms with van der Waals surface area (Å²) >= 11 is 13.1. The Kier molecular flexibility index (Phi) is 6.69. The van der Waals surface area contributed by atoms with E-state index in [9.17, 15) is 14.7 Å². The summed E-state index contributed by atoms with van der Waals surface area (Å²) in [4.78, 5) is 24.5. The topological polar surface area (TPSA) is 75.6 Å². The van der Waals surface area contributed by atoms with Crippen molar-refractivity contribution in [2.24, 2.45) is 0 Å². The fraction of sp³-hybridized carbons (Fsp3) is 0.125. The summed E-state index contributed by atoms with van der Waals surface area (Å²) in [6.07, 6.45) is 0. The maximum Gasteiger partial charge on any atom is 0.337 e. The van der Waals surface area contributed by atoms with E-state index in [1.165, 1.54) is 7.11 Å². The fourth-order valence-electron chi connectivity index (χ4n) is 2.13. The zero-order valence-electron chi connectivity index (χ0n) is 12.9. The molecule has 2 aromatic rings. The predicted molar refractivity (Wildman–Crippen MR) is 110 cm³/mol. The van der Waals surface area contributed by atoms with Gasteiger partial charge in [0, 0.05) is 17.9 Å². The summed E-state index contributed by atoms with van der Waals surface area (Å²) in [7, 11) is 1.50. The first-order valence-electron chi connectivity index (χ1n) is 6.74. The lowest BCUT2D eigenvalue weighted by molar-refractivity contribution is 0.0691. The number of halogens is 4. The highest BCUT2D eigenvalue weighted by Crippen LogP contribution is 2.42. The molecule has 0 atom stereocenters. The van der Waals surface area contributed by atoms with E-state index in [-0.39, 0.29) is 15.6 Å². The number of amides is 1. The van der Waals surface area contributed by atoms with E-state index >= 15 is 0 Å². The number of anilines is 1. The van der Waals surface area contributed by atoms with Crippen LogP contribution in [0.25, 0.3) is 0 Å². The van der Waals surface area contributed by atoms with Crippen molar-refractivity contribution in [1.82, 2.24) is 0 Å². The number of carbonyl (C=O) groups is 2. The van der Waals surface area contributed by atoms with Crippen molar-refractivity contribution < 1.29 is 19.4 Å². The fourth-order valence-corrected chi connectivity index (χ4v) is 4.60. The highest BCUT2D eigenvalue weighted by atomic mass is 79.9. The molecule has 5 nitrogen and oxygen atoms in total. The molecule has 2 rings (SSSR count). The van der Waals surface area contributed by atoms with Crippen LogP contribution in [0, 0.1) is 6.92 Å². The number of ether oxygens (including phenoxy) is 1. The molecule has 0 saturated heterocycles. The smallest absolute Gasteiger partial charge is 0.337 e. The van der Waals surface area contributed by atoms with E-state index in [0.717, 1.165) is 5.56 Å². The number of methoxy groups -OCH3 is 1. The molecule has 2 N–H and O–H groups in total. The summed E-state index contributed by atoms with van der Waals surface area (Å²) in [5.74, 6) is -1.33. The highest BCUT2D eigenvalue weighted by Gasteiger charge is 2.28. The molecule has 1 amide bonds. The van der Waals surface area contributed by atoms with Gasteiger partial charge in [0.2, 0.25) is 0 Å². The molecule has 2 aromatic carbocycles. The van der Waals surface area contributed by atoms with E-state index in [4.69, 9.17) is 4.74 Å². The van der Waals surface area contributed by atoms with Crippen molar-refractivity contribution in [3.63, 3.8) is 0 Å². The molecule has 0 aromatic heterocycles. The predicted octanol–water partition coefficient (Wildman–Crippen LogP) is 6.00. The summed E-state index contributed by atoms with van der Waals surface area (Å²) < 4.78 is 6.86. The lowest BCUT2D eigenvalue weighted by Gasteiger charge is -2.16. The third-order valence-corrected chi connectivity index (χ3v) is 8.08. The lowest BCUT2D eigenvalue weighted by atomic mass is 10.1. The van der Waals surface area contributed by atoms with Gasteiger partial charge < -0.3 is 15.2 Å². The van der Waals surface area contributed by atoms with Gasteiger partial charge in [-0.1, -0.05) is 6.07 Å². The number of carboxylic acid groups (broad SMARTS) is 1. The van der Waals surface area contributed by atoms with E-state index in [1.807, 2.05) is 13.0 Å². The summed E-state index contributed by atoms with van der Waals surface area (Å²) in [5, 5.41) is 12.2. The molecule has 0 unspecified atom stereocenters. The van der Waals surface area contributed by atoms with Gasteiger partial charge in [-0.3, -0.25) is 4.79 Å². The Balaban J connectivity index is 2.59. The Labute approximate surface area is 177 Å².